The van der Waals surface area contributed by atoms with Gasteiger partial charge in [-0.2, -0.15) is 5.26 Å². The molecule has 5 heteroatoms. The minimum Gasteiger partial charge on any atom is -0.765 e. The molecule has 4 atom stereocenters. The highest BCUT2D eigenvalue weighted by Crippen LogP contribution is 2.39. The van der Waals surface area contributed by atoms with E-state index in [1.54, 1.807) is 18.5 Å². The van der Waals surface area contributed by atoms with E-state index < -0.39 is 11.3 Å². The first-order valence-corrected chi connectivity index (χ1v) is 6.53. The van der Waals surface area contributed by atoms with Crippen molar-refractivity contribution in [3.8, 4) is 6.07 Å². The zero-order valence-corrected chi connectivity index (χ0v) is 11.6. The molecule has 0 spiro atoms. The molecule has 19 heavy (non-hydrogen) atoms. The molecular weight excluding hydrogens is 258 g/mol. The highest BCUT2D eigenvalue weighted by Gasteiger charge is 2.39. The summed E-state index contributed by atoms with van der Waals surface area (Å²) in [7, 11) is 0. The SMILES string of the molecule is CC(=O)C1C(C)=N[C@@H]([S-])[C@@H](C#N)[C@H]1c1cccnc1. The van der Waals surface area contributed by atoms with Gasteiger partial charge in [-0.15, -0.1) is 0 Å². The molecule has 0 saturated carbocycles. The zero-order chi connectivity index (χ0) is 14.0. The normalized spacial score (nSPS) is 30.3. The largest absolute Gasteiger partial charge is 0.765 e. The van der Waals surface area contributed by atoms with Crippen molar-refractivity contribution in [2.45, 2.75) is 25.1 Å². The van der Waals surface area contributed by atoms with Crippen LogP contribution in [0.2, 0.25) is 0 Å². The summed E-state index contributed by atoms with van der Waals surface area (Å²) in [6, 6.07) is 5.91. The fourth-order valence-electron chi connectivity index (χ4n) is 2.67. The Hall–Kier alpha value is -1.67. The van der Waals surface area contributed by atoms with E-state index in [1.165, 1.54) is 6.92 Å². The number of pyridine rings is 1. The van der Waals surface area contributed by atoms with Crippen LogP contribution in [-0.2, 0) is 17.4 Å². The molecule has 0 saturated heterocycles. The van der Waals surface area contributed by atoms with Gasteiger partial charge in [0.25, 0.3) is 0 Å². The van der Waals surface area contributed by atoms with E-state index in [2.05, 4.69) is 16.0 Å². The van der Waals surface area contributed by atoms with Gasteiger partial charge in [0.1, 0.15) is 5.78 Å². The van der Waals surface area contributed by atoms with Gasteiger partial charge < -0.3 is 17.6 Å². The van der Waals surface area contributed by atoms with Gasteiger partial charge in [0.15, 0.2) is 0 Å². The standard InChI is InChI=1S/C14H15N3OS/c1-8-12(9(2)18)13(10-4-3-5-16-7-10)11(6-15)14(19)17-8/h3-5,7,11-14,19H,1-2H3/p-1/t11-,12?,13+,14-/m0/s1. The molecule has 1 aromatic rings. The predicted octanol–water partition coefficient (Wildman–Crippen LogP) is 1.86. The number of carbonyl (C=O) groups excluding carboxylic acids is 1. The Labute approximate surface area is 118 Å². The molecule has 98 valence electrons. The molecule has 0 bridgehead atoms. The molecule has 0 aliphatic carbocycles. The van der Waals surface area contributed by atoms with Crippen LogP contribution in [0.15, 0.2) is 29.5 Å². The Morgan fingerprint density at radius 2 is 2.26 bits per heavy atom. The van der Waals surface area contributed by atoms with Crippen molar-refractivity contribution in [3.05, 3.63) is 30.1 Å². The van der Waals surface area contributed by atoms with Crippen LogP contribution in [-0.4, -0.2) is 21.9 Å². The maximum Gasteiger partial charge on any atom is 0.139 e. The summed E-state index contributed by atoms with van der Waals surface area (Å²) in [6.07, 6.45) is 3.37. The second-order valence-corrected chi connectivity index (χ2v) is 5.20. The fraction of sp³-hybridized carbons (Fsp3) is 0.429. The molecule has 0 N–H and O–H groups in total. The van der Waals surface area contributed by atoms with E-state index in [1.807, 2.05) is 13.0 Å². The van der Waals surface area contributed by atoms with Gasteiger partial charge in [0, 0.05) is 24.0 Å². The van der Waals surface area contributed by atoms with Crippen LogP contribution >= 0.6 is 0 Å². The van der Waals surface area contributed by atoms with Gasteiger partial charge in [0.2, 0.25) is 0 Å². The number of aliphatic imine (C=N–C) groups is 1. The lowest BCUT2D eigenvalue weighted by Gasteiger charge is -2.40. The second-order valence-electron chi connectivity index (χ2n) is 4.72. The van der Waals surface area contributed by atoms with E-state index in [0.29, 0.717) is 5.71 Å². The summed E-state index contributed by atoms with van der Waals surface area (Å²) in [6.45, 7) is 3.34. The van der Waals surface area contributed by atoms with Crippen molar-refractivity contribution in [2.75, 3.05) is 0 Å². The Kier molecular flexibility index (Phi) is 4.01. The molecule has 1 aliphatic rings. The number of hydrogen-bond donors (Lipinski definition) is 0. The molecule has 0 amide bonds. The van der Waals surface area contributed by atoms with E-state index in [-0.39, 0.29) is 17.6 Å². The van der Waals surface area contributed by atoms with E-state index in [9.17, 15) is 10.1 Å². The number of carbonyl (C=O) groups is 1. The van der Waals surface area contributed by atoms with Crippen molar-refractivity contribution < 1.29 is 4.79 Å². The zero-order valence-electron chi connectivity index (χ0n) is 10.8. The van der Waals surface area contributed by atoms with Gasteiger partial charge in [-0.05, 0) is 25.5 Å². The number of rotatable bonds is 2. The van der Waals surface area contributed by atoms with Crippen LogP contribution in [0.4, 0.5) is 0 Å². The third kappa shape index (κ3) is 2.54. The van der Waals surface area contributed by atoms with Crippen LogP contribution in [0.5, 0.6) is 0 Å². The number of hydrogen-bond acceptors (Lipinski definition) is 5. The summed E-state index contributed by atoms with van der Waals surface area (Å²) in [5.41, 5.74) is 1.59. The maximum absolute atomic E-state index is 11.9. The van der Waals surface area contributed by atoms with Crippen molar-refractivity contribution in [1.82, 2.24) is 4.98 Å². The number of nitrogens with zero attached hydrogens (tertiary/aromatic N) is 3. The van der Waals surface area contributed by atoms with Crippen LogP contribution in [0.3, 0.4) is 0 Å². The Balaban J connectivity index is 2.54. The molecule has 1 unspecified atom stereocenters. The van der Waals surface area contributed by atoms with Crippen molar-refractivity contribution in [2.24, 2.45) is 16.8 Å². The minimum absolute atomic E-state index is 0.0113. The quantitative estimate of drug-likeness (QED) is 0.771. The molecule has 2 heterocycles. The van der Waals surface area contributed by atoms with Crippen molar-refractivity contribution in [1.29, 1.82) is 5.26 Å². The van der Waals surface area contributed by atoms with Gasteiger partial charge >= 0.3 is 0 Å². The average Bonchev–Trinajstić information content (AvgIpc) is 2.38. The number of aromatic nitrogens is 1. The van der Waals surface area contributed by atoms with Crippen molar-refractivity contribution in [3.63, 3.8) is 0 Å². The predicted molar refractivity (Wildman–Crippen MR) is 74.5 cm³/mol. The van der Waals surface area contributed by atoms with Crippen molar-refractivity contribution >= 4 is 24.1 Å². The highest BCUT2D eigenvalue weighted by atomic mass is 32.1. The topological polar surface area (TPSA) is 66.1 Å². The van der Waals surface area contributed by atoms with E-state index in [4.69, 9.17) is 12.6 Å². The van der Waals surface area contributed by atoms with Crippen LogP contribution < -0.4 is 0 Å². The summed E-state index contributed by atoms with van der Waals surface area (Å²) in [5.74, 6) is -1.10. The highest BCUT2D eigenvalue weighted by molar-refractivity contribution is 7.59. The monoisotopic (exact) mass is 272 g/mol. The first-order valence-electron chi connectivity index (χ1n) is 6.06. The summed E-state index contributed by atoms with van der Waals surface area (Å²) in [5, 5.41) is 8.85. The minimum atomic E-state index is -0.509. The smallest absolute Gasteiger partial charge is 0.139 e. The molecule has 0 radical (unpaired) electrons. The van der Waals surface area contributed by atoms with E-state index >= 15 is 0 Å². The molecule has 0 fully saturated rings. The van der Waals surface area contributed by atoms with Gasteiger partial charge in [-0.25, -0.2) is 0 Å². The molecule has 1 aliphatic heterocycles. The molecule has 4 nitrogen and oxygen atoms in total. The van der Waals surface area contributed by atoms with Gasteiger partial charge in [-0.1, -0.05) is 11.4 Å². The number of nitriles is 1. The van der Waals surface area contributed by atoms with E-state index in [0.717, 1.165) is 5.56 Å². The molecule has 0 aromatic carbocycles. The van der Waals surface area contributed by atoms with Gasteiger partial charge in [0.05, 0.1) is 17.9 Å². The number of ketones is 1. The lowest BCUT2D eigenvalue weighted by Crippen LogP contribution is -2.40. The third-order valence-corrected chi connectivity index (χ3v) is 3.89. The third-order valence-electron chi connectivity index (χ3n) is 3.49. The first-order chi connectivity index (χ1) is 9.06. The van der Waals surface area contributed by atoms with Gasteiger partial charge in [-0.3, -0.25) is 9.78 Å². The van der Waals surface area contributed by atoms with Crippen LogP contribution in [0, 0.1) is 23.2 Å². The Morgan fingerprint density at radius 1 is 1.53 bits per heavy atom. The lowest BCUT2D eigenvalue weighted by molar-refractivity contribution is -0.119. The summed E-state index contributed by atoms with van der Waals surface area (Å²) in [4.78, 5) is 20.3. The summed E-state index contributed by atoms with van der Waals surface area (Å²) >= 11 is 5.26. The summed E-state index contributed by atoms with van der Waals surface area (Å²) < 4.78 is 0. The maximum atomic E-state index is 11.9. The van der Waals surface area contributed by atoms with Crippen LogP contribution in [0.25, 0.3) is 0 Å². The molecule has 2 rings (SSSR count). The lowest BCUT2D eigenvalue weighted by atomic mass is 9.72. The Morgan fingerprint density at radius 3 is 2.79 bits per heavy atom. The average molecular weight is 272 g/mol. The Bertz CT molecular complexity index is 550. The van der Waals surface area contributed by atoms with Crippen LogP contribution in [0.1, 0.15) is 25.3 Å². The first kappa shape index (κ1) is 13.8. The fourth-order valence-corrected chi connectivity index (χ4v) is 3.07. The molecule has 1 aromatic heterocycles. The second kappa shape index (κ2) is 5.54. The molecular formula is C14H14N3OS-. The number of Topliss-reactive ketones (excluding diaryl/α,β-unsaturated/α-hetero) is 1.